The maximum Gasteiger partial charge on any atom is 0.322 e. The van der Waals surface area contributed by atoms with E-state index in [0.29, 0.717) is 33.2 Å². The van der Waals surface area contributed by atoms with Gasteiger partial charge in [-0.05, 0) is 172 Å². The van der Waals surface area contributed by atoms with Gasteiger partial charge in [-0.3, -0.25) is 19.6 Å². The largest absolute Gasteiger partial charge is 0.351 e. The topological polar surface area (TPSA) is 168 Å². The number of nitrogens with zero attached hydrogens (tertiary/aromatic N) is 2. The molecule has 0 aliphatic heterocycles. The van der Waals surface area contributed by atoms with Gasteiger partial charge in [0, 0.05) is 65.5 Å². The SMILES string of the molecule is CCCCCC[N+](CCCCCC)(c1ccccc1)c1ccc(CCCNC(=O)NC(=O)NCCCc2ccc([N+](CCCCCC)(CCCCCC)c3ccccc3)cc2)cc1.Clc1ccc2ccc(Cl)c3c4c(Cl)ccc5ccc(Cl)c(c1c23)c54.NC(=O)NC(N)=O. The third kappa shape index (κ3) is 20.4. The van der Waals surface area contributed by atoms with E-state index in [9.17, 15) is 19.2 Å². The number of hydrogen-bond acceptors (Lipinski definition) is 4. The smallest absolute Gasteiger partial charge is 0.322 e. The molecule has 16 heteroatoms. The van der Waals surface area contributed by atoms with Crippen molar-refractivity contribution >= 4 is 136 Å². The zero-order chi connectivity index (χ0) is 67.3. The Bertz CT molecular complexity index is 3450. The maximum absolute atomic E-state index is 12.6. The molecule has 500 valence electrons. The van der Waals surface area contributed by atoms with E-state index in [0.717, 1.165) is 104 Å². The third-order valence-corrected chi connectivity index (χ3v) is 19.2. The van der Waals surface area contributed by atoms with Gasteiger partial charge in [-0.15, -0.1) is 0 Å². The van der Waals surface area contributed by atoms with Crippen molar-refractivity contribution in [2.45, 2.75) is 156 Å². The fourth-order valence-corrected chi connectivity index (χ4v) is 14.1. The molecule has 0 unspecified atom stereocenters. The van der Waals surface area contributed by atoms with Crippen LogP contribution in [0.3, 0.4) is 0 Å². The van der Waals surface area contributed by atoms with E-state index in [1.807, 2.05) is 48.5 Å². The van der Waals surface area contributed by atoms with E-state index in [1.54, 1.807) is 5.32 Å². The average Bonchev–Trinajstić information content (AvgIpc) is 0.707. The second kappa shape index (κ2) is 38.4. The quantitative estimate of drug-likeness (QED) is 0.0107. The van der Waals surface area contributed by atoms with Crippen LogP contribution < -0.4 is 41.7 Å². The van der Waals surface area contributed by atoms with Crippen molar-refractivity contribution in [1.82, 2.24) is 30.2 Å². The lowest BCUT2D eigenvalue weighted by Gasteiger charge is -2.38. The van der Waals surface area contributed by atoms with E-state index in [1.165, 1.54) is 137 Å². The van der Waals surface area contributed by atoms with Gasteiger partial charge in [0.15, 0.2) is 0 Å². The molecule has 94 heavy (non-hydrogen) atoms. The fraction of sp³-hybridized carbons (Fsp3) is 0.385. The molecule has 0 heterocycles. The van der Waals surface area contributed by atoms with Gasteiger partial charge >= 0.3 is 24.1 Å². The van der Waals surface area contributed by atoms with E-state index >= 15 is 0 Å². The number of nitrogens with two attached hydrogens (primary N) is 2. The van der Waals surface area contributed by atoms with Gasteiger partial charge in [0.25, 0.3) is 0 Å². The molecule has 0 aromatic heterocycles. The first-order valence-electron chi connectivity index (χ1n) is 34.2. The van der Waals surface area contributed by atoms with E-state index in [2.05, 4.69) is 164 Å². The van der Waals surface area contributed by atoms with Crippen LogP contribution in [0.4, 0.5) is 41.9 Å². The summed E-state index contributed by atoms with van der Waals surface area (Å²) >= 11 is 26.4. The number of halogens is 4. The molecule has 0 aliphatic rings. The number of rotatable bonds is 32. The van der Waals surface area contributed by atoms with Gasteiger partial charge < -0.3 is 22.1 Å². The van der Waals surface area contributed by atoms with E-state index in [-0.39, 0.29) is 0 Å². The molecular formula is C78H98Cl4N8O4+2. The zero-order valence-corrected chi connectivity index (χ0v) is 58.6. The van der Waals surface area contributed by atoms with Crippen LogP contribution in [0.5, 0.6) is 0 Å². The number of amides is 8. The molecule has 0 saturated carbocycles. The number of carbonyl (C=O) groups is 4. The van der Waals surface area contributed by atoms with Crippen LogP contribution in [0.2, 0.25) is 20.1 Å². The molecule has 0 aliphatic carbocycles. The van der Waals surface area contributed by atoms with Gasteiger partial charge in [0.2, 0.25) is 0 Å². The number of fused-ring (bicyclic) bond motifs is 2. The minimum atomic E-state index is -0.938. The molecule has 0 bridgehead atoms. The van der Waals surface area contributed by atoms with Crippen molar-refractivity contribution in [3.05, 3.63) is 189 Å². The monoisotopic (exact) mass is 1350 g/mol. The number of nitrogens with one attached hydrogen (secondary N) is 4. The Morgan fingerprint density at radius 1 is 0.330 bits per heavy atom. The molecule has 0 spiro atoms. The Kier molecular flexibility index (Phi) is 30.3. The van der Waals surface area contributed by atoms with Gasteiger partial charge in [0.1, 0.15) is 22.7 Å². The van der Waals surface area contributed by atoms with Gasteiger partial charge in [-0.25, -0.2) is 19.2 Å². The molecule has 12 nitrogen and oxygen atoms in total. The van der Waals surface area contributed by atoms with Crippen LogP contribution in [0.1, 0.15) is 154 Å². The highest BCUT2D eigenvalue weighted by atomic mass is 35.5. The van der Waals surface area contributed by atoms with Crippen LogP contribution in [-0.2, 0) is 12.8 Å². The summed E-state index contributed by atoms with van der Waals surface area (Å²) in [6.45, 7) is 14.6. The van der Waals surface area contributed by atoms with E-state index in [4.69, 9.17) is 46.4 Å². The summed E-state index contributed by atoms with van der Waals surface area (Å²) in [7, 11) is 0. The van der Waals surface area contributed by atoms with Crippen molar-refractivity contribution < 1.29 is 19.2 Å². The normalized spacial score (nSPS) is 11.5. The molecule has 0 atom stereocenters. The summed E-state index contributed by atoms with van der Waals surface area (Å²) in [5.74, 6) is 0. The highest BCUT2D eigenvalue weighted by Gasteiger charge is 2.34. The Balaban J connectivity index is 0.000000325. The first-order chi connectivity index (χ1) is 45.6. The molecule has 9 aromatic rings. The lowest BCUT2D eigenvalue weighted by Crippen LogP contribution is -2.46. The molecule has 9 rings (SSSR count). The van der Waals surface area contributed by atoms with Crippen molar-refractivity contribution in [3.63, 3.8) is 0 Å². The Morgan fingerprint density at radius 3 is 0.883 bits per heavy atom. The second-order valence-corrected chi connectivity index (χ2v) is 26.3. The molecule has 0 saturated heterocycles. The Hall–Kier alpha value is -7.16. The number of hydrogen-bond donors (Lipinski definition) is 6. The van der Waals surface area contributed by atoms with Gasteiger partial charge in [-0.1, -0.05) is 210 Å². The van der Waals surface area contributed by atoms with Crippen LogP contribution in [0, 0.1) is 0 Å². The van der Waals surface area contributed by atoms with E-state index < -0.39 is 24.1 Å². The van der Waals surface area contributed by atoms with Crippen molar-refractivity contribution in [2.24, 2.45) is 11.5 Å². The molecule has 0 radical (unpaired) electrons. The number of benzene rings is 9. The number of quaternary nitrogens is 2. The first kappa shape index (κ1) is 74.2. The average molecular weight is 1350 g/mol. The number of unbranched alkanes of at least 4 members (excludes halogenated alkanes) is 12. The number of primary amides is 2. The summed E-state index contributed by atoms with van der Waals surface area (Å²) in [4.78, 5) is 44.4. The predicted molar refractivity (Wildman–Crippen MR) is 401 cm³/mol. The Morgan fingerprint density at radius 2 is 0.617 bits per heavy atom. The summed E-state index contributed by atoms with van der Waals surface area (Å²) < 4.78 is 1.80. The number of imide groups is 2. The van der Waals surface area contributed by atoms with Crippen molar-refractivity contribution in [3.8, 4) is 0 Å². The van der Waals surface area contributed by atoms with Crippen LogP contribution in [0.25, 0.3) is 43.1 Å². The van der Waals surface area contributed by atoms with Gasteiger partial charge in [-0.2, -0.15) is 0 Å². The number of para-hydroxylation sites is 2. The molecule has 8 amide bonds. The standard InChI is InChI=1S/C56H83N5O2.C20H8Cl4.C2H5N3O2/c1-5-9-13-23-45-60(46-24-14-10-6-2,51-31-19-17-20-32-51)53-39-35-49(36-40-53)29-27-43-57-55(62)59-56(63)58-44-28-30-50-37-41-54(42-38-50)61(47-25-15-11-7-3,48-26-16-12-8-4)52-33-21-18-22-34-52;21-11-5-1-9-2-6-12(22)18-15(9)17(11)19-13(23)7-3-10-4-8-14(24)20(18)16(10)19;3-1(6)5-2(4)7/h17-22,31-42H,5-16,23-30,43-48H2,1-4H3,(H-2,57,58,59,62,63);1-8H;(H5,3,4,5,6,7)/p+2. The second-order valence-electron chi connectivity index (χ2n) is 24.7. The van der Waals surface area contributed by atoms with Gasteiger partial charge in [0.05, 0.1) is 26.2 Å². The third-order valence-electron chi connectivity index (χ3n) is 17.9. The molecule has 0 fully saturated rings. The van der Waals surface area contributed by atoms with Crippen molar-refractivity contribution in [2.75, 3.05) is 39.3 Å². The highest BCUT2D eigenvalue weighted by Crippen LogP contribution is 2.49. The van der Waals surface area contributed by atoms with Crippen LogP contribution >= 0.6 is 46.4 Å². The molecule has 9 aromatic carbocycles. The van der Waals surface area contributed by atoms with Crippen molar-refractivity contribution in [1.29, 1.82) is 0 Å². The fourth-order valence-electron chi connectivity index (χ4n) is 13.1. The molecule has 8 N–H and O–H groups in total. The maximum atomic E-state index is 12.6. The number of urea groups is 4. The first-order valence-corrected chi connectivity index (χ1v) is 35.7. The predicted octanol–water partition coefficient (Wildman–Crippen LogP) is 21.9. The lowest BCUT2D eigenvalue weighted by atomic mass is 9.89. The zero-order valence-electron chi connectivity index (χ0n) is 55.6. The summed E-state index contributed by atoms with van der Waals surface area (Å²) in [5.41, 5.74) is 16.9. The number of aryl methyl sites for hydroxylation is 2. The lowest BCUT2D eigenvalue weighted by molar-refractivity contribution is 0.227. The minimum Gasteiger partial charge on any atom is -0.351 e. The number of carbonyl (C=O) groups excluding carboxylic acids is 4. The minimum absolute atomic E-state index is 0.459. The molecular weight excluding hydrogens is 1250 g/mol. The summed E-state index contributed by atoms with van der Waals surface area (Å²) in [5, 5.41) is 20.3. The highest BCUT2D eigenvalue weighted by molar-refractivity contribution is 6.53. The van der Waals surface area contributed by atoms with Crippen LogP contribution in [0.15, 0.2) is 158 Å². The summed E-state index contributed by atoms with van der Waals surface area (Å²) in [6, 6.07) is 53.5. The van der Waals surface area contributed by atoms with Crippen LogP contribution in [-0.4, -0.2) is 63.4 Å². The Labute approximate surface area is 577 Å². The summed E-state index contributed by atoms with van der Waals surface area (Å²) in [6.07, 6.45) is 23.3.